The molecule has 190 valence electrons. The molecule has 36 heavy (non-hydrogen) atoms. The number of rotatable bonds is 6. The van der Waals surface area contributed by atoms with Crippen LogP contribution in [0.15, 0.2) is 47.4 Å². The fourth-order valence-electron chi connectivity index (χ4n) is 5.57. The third kappa shape index (κ3) is 5.08. The van der Waals surface area contributed by atoms with Crippen LogP contribution in [0, 0.1) is 0 Å². The summed E-state index contributed by atoms with van der Waals surface area (Å²) in [6, 6.07) is 14.5. The molecule has 0 aromatic heterocycles. The highest BCUT2D eigenvalue weighted by molar-refractivity contribution is 7.97. The molecule has 7 nitrogen and oxygen atoms in total. The first-order chi connectivity index (χ1) is 17.2. The van der Waals surface area contributed by atoms with Gasteiger partial charge in [0.1, 0.15) is 6.04 Å². The van der Waals surface area contributed by atoms with Crippen molar-refractivity contribution in [2.75, 3.05) is 27.2 Å². The molecule has 2 aromatic rings. The van der Waals surface area contributed by atoms with E-state index in [-0.39, 0.29) is 29.6 Å². The standard InChI is InChI=1S/C28H34N4O3S/c1-28(12-14-31(15-13-28)17-19-4-7-22(8-5-19)36-30(2)3)21-6-9-23-20(16-21)18-32(27(23)35)24-10-11-25(33)29-26(24)34/h4-9,16,24H,10-15,17-18H2,1-3H3,(H,29,33,34). The van der Waals surface area contributed by atoms with Gasteiger partial charge in [-0.05, 0) is 98.7 Å². The second kappa shape index (κ2) is 10.00. The van der Waals surface area contributed by atoms with Crippen LogP contribution in [0.3, 0.4) is 0 Å². The molecule has 3 aliphatic heterocycles. The number of fused-ring (bicyclic) bond motifs is 1. The minimum Gasteiger partial charge on any atom is -0.322 e. The SMILES string of the molecule is CN(C)Sc1ccc(CN2CCC(C)(c3ccc4c(c3)CN(C3CCC(=O)NC3=O)C4=O)CC2)cc1. The number of nitrogens with zero attached hydrogens (tertiary/aromatic N) is 3. The van der Waals surface area contributed by atoms with Crippen LogP contribution in [-0.2, 0) is 28.1 Å². The van der Waals surface area contributed by atoms with Gasteiger partial charge in [0.2, 0.25) is 11.8 Å². The number of amides is 3. The number of nitrogens with one attached hydrogen (secondary N) is 1. The molecule has 3 aliphatic rings. The van der Waals surface area contributed by atoms with Crippen LogP contribution in [0.5, 0.6) is 0 Å². The van der Waals surface area contributed by atoms with E-state index in [0.717, 1.165) is 38.0 Å². The maximum atomic E-state index is 13.0. The molecule has 0 bridgehead atoms. The highest BCUT2D eigenvalue weighted by Crippen LogP contribution is 2.38. The Morgan fingerprint density at radius 1 is 1.06 bits per heavy atom. The van der Waals surface area contributed by atoms with Gasteiger partial charge < -0.3 is 4.90 Å². The van der Waals surface area contributed by atoms with Crippen molar-refractivity contribution in [2.45, 2.75) is 62.0 Å². The topological polar surface area (TPSA) is 73.0 Å². The van der Waals surface area contributed by atoms with Crippen LogP contribution < -0.4 is 5.32 Å². The predicted molar refractivity (Wildman–Crippen MR) is 140 cm³/mol. The summed E-state index contributed by atoms with van der Waals surface area (Å²) in [6.07, 6.45) is 2.79. The van der Waals surface area contributed by atoms with Gasteiger partial charge in [0.05, 0.1) is 0 Å². The highest BCUT2D eigenvalue weighted by atomic mass is 32.2. The summed E-state index contributed by atoms with van der Waals surface area (Å²) < 4.78 is 2.10. The minimum absolute atomic E-state index is 0.0584. The first-order valence-corrected chi connectivity index (χ1v) is 13.4. The van der Waals surface area contributed by atoms with Crippen molar-refractivity contribution in [3.8, 4) is 0 Å². The van der Waals surface area contributed by atoms with Crippen molar-refractivity contribution < 1.29 is 14.4 Å². The number of carbonyl (C=O) groups is 3. The molecule has 1 N–H and O–H groups in total. The number of piperidine rings is 2. The minimum atomic E-state index is -0.569. The number of hydrogen-bond donors (Lipinski definition) is 1. The number of likely N-dealkylation sites (tertiary alicyclic amines) is 1. The lowest BCUT2D eigenvalue weighted by Crippen LogP contribution is -2.52. The van der Waals surface area contributed by atoms with Crippen LogP contribution in [0.2, 0.25) is 0 Å². The van der Waals surface area contributed by atoms with Crippen molar-refractivity contribution in [3.05, 3.63) is 64.7 Å². The van der Waals surface area contributed by atoms with Crippen molar-refractivity contribution >= 4 is 29.7 Å². The van der Waals surface area contributed by atoms with E-state index in [9.17, 15) is 14.4 Å². The molecule has 3 heterocycles. The van der Waals surface area contributed by atoms with Crippen molar-refractivity contribution in [2.24, 2.45) is 0 Å². The number of carbonyl (C=O) groups excluding carboxylic acids is 3. The second-order valence-electron chi connectivity index (χ2n) is 10.7. The first-order valence-electron chi connectivity index (χ1n) is 12.7. The molecule has 8 heteroatoms. The lowest BCUT2D eigenvalue weighted by atomic mass is 9.74. The maximum Gasteiger partial charge on any atom is 0.255 e. The fourth-order valence-corrected chi connectivity index (χ4v) is 6.25. The third-order valence-electron chi connectivity index (χ3n) is 7.80. The molecule has 1 unspecified atom stereocenters. The summed E-state index contributed by atoms with van der Waals surface area (Å²) >= 11 is 1.73. The average Bonchev–Trinajstić information content (AvgIpc) is 3.17. The van der Waals surface area contributed by atoms with Gasteiger partial charge in [0, 0.05) is 30.0 Å². The number of benzene rings is 2. The molecule has 2 saturated heterocycles. The van der Waals surface area contributed by atoms with Gasteiger partial charge in [-0.2, -0.15) is 0 Å². The summed E-state index contributed by atoms with van der Waals surface area (Å²) in [6.45, 7) is 5.78. The summed E-state index contributed by atoms with van der Waals surface area (Å²) in [7, 11) is 4.10. The Labute approximate surface area is 217 Å². The molecule has 2 fully saturated rings. The van der Waals surface area contributed by atoms with Gasteiger partial charge in [-0.25, -0.2) is 0 Å². The summed E-state index contributed by atoms with van der Waals surface area (Å²) in [4.78, 5) is 42.3. The lowest BCUT2D eigenvalue weighted by molar-refractivity contribution is -0.136. The monoisotopic (exact) mass is 506 g/mol. The maximum absolute atomic E-state index is 13.0. The summed E-state index contributed by atoms with van der Waals surface area (Å²) in [5, 5.41) is 2.37. The molecular formula is C28H34N4O3S. The Morgan fingerprint density at radius 3 is 2.44 bits per heavy atom. The van der Waals surface area contributed by atoms with Gasteiger partial charge in [-0.15, -0.1) is 0 Å². The molecule has 3 amide bonds. The van der Waals surface area contributed by atoms with E-state index in [1.807, 2.05) is 6.07 Å². The molecule has 0 aliphatic carbocycles. The van der Waals surface area contributed by atoms with Gasteiger partial charge >= 0.3 is 0 Å². The van der Waals surface area contributed by atoms with Gasteiger partial charge in [0.25, 0.3) is 5.91 Å². The van der Waals surface area contributed by atoms with Gasteiger partial charge in [0.15, 0.2) is 0 Å². The number of hydrogen-bond acceptors (Lipinski definition) is 6. The molecule has 1 atom stereocenters. The summed E-state index contributed by atoms with van der Waals surface area (Å²) in [5.41, 5.74) is 4.33. The Morgan fingerprint density at radius 2 is 1.78 bits per heavy atom. The molecule has 0 spiro atoms. The van der Waals surface area contributed by atoms with E-state index < -0.39 is 6.04 Å². The average molecular weight is 507 g/mol. The molecular weight excluding hydrogens is 472 g/mol. The smallest absolute Gasteiger partial charge is 0.255 e. The summed E-state index contributed by atoms with van der Waals surface area (Å²) in [5.74, 6) is -0.735. The Balaban J connectivity index is 1.22. The highest BCUT2D eigenvalue weighted by Gasteiger charge is 2.40. The van der Waals surface area contributed by atoms with E-state index in [2.05, 4.69) is 71.9 Å². The van der Waals surface area contributed by atoms with Crippen LogP contribution >= 0.6 is 11.9 Å². The van der Waals surface area contributed by atoms with E-state index in [1.54, 1.807) is 16.8 Å². The van der Waals surface area contributed by atoms with Crippen molar-refractivity contribution in [1.29, 1.82) is 0 Å². The van der Waals surface area contributed by atoms with Crippen LogP contribution in [-0.4, -0.2) is 65.1 Å². The van der Waals surface area contributed by atoms with Crippen LogP contribution in [0.1, 0.15) is 59.7 Å². The number of imide groups is 1. The van der Waals surface area contributed by atoms with Gasteiger partial charge in [-0.3, -0.25) is 28.9 Å². The first kappa shape index (κ1) is 25.0. The molecule has 2 aromatic carbocycles. The zero-order valence-electron chi connectivity index (χ0n) is 21.3. The Bertz CT molecular complexity index is 1170. The normalized spacial score (nSPS) is 22.2. The van der Waals surface area contributed by atoms with Crippen LogP contribution in [0.4, 0.5) is 0 Å². The zero-order chi connectivity index (χ0) is 25.4. The van der Waals surface area contributed by atoms with E-state index in [1.165, 1.54) is 16.0 Å². The second-order valence-corrected chi connectivity index (χ2v) is 12.0. The van der Waals surface area contributed by atoms with E-state index >= 15 is 0 Å². The Kier molecular flexibility index (Phi) is 6.94. The largest absolute Gasteiger partial charge is 0.322 e. The van der Waals surface area contributed by atoms with Gasteiger partial charge in [-0.1, -0.05) is 31.2 Å². The van der Waals surface area contributed by atoms with E-state index in [0.29, 0.717) is 18.5 Å². The lowest BCUT2D eigenvalue weighted by Gasteiger charge is -2.40. The molecule has 0 radical (unpaired) electrons. The fraction of sp³-hybridized carbons (Fsp3) is 0.464. The molecule has 0 saturated carbocycles. The van der Waals surface area contributed by atoms with Crippen LogP contribution in [0.25, 0.3) is 0 Å². The quantitative estimate of drug-likeness (QED) is 0.477. The Hall–Kier alpha value is -2.68. The van der Waals surface area contributed by atoms with Crippen molar-refractivity contribution in [3.63, 3.8) is 0 Å². The zero-order valence-corrected chi connectivity index (χ0v) is 22.1. The molecule has 5 rings (SSSR count). The third-order valence-corrected chi connectivity index (χ3v) is 8.65. The van der Waals surface area contributed by atoms with E-state index in [4.69, 9.17) is 0 Å². The van der Waals surface area contributed by atoms with Crippen molar-refractivity contribution in [1.82, 2.24) is 19.4 Å². The predicted octanol–water partition coefficient (Wildman–Crippen LogP) is 3.57.